The van der Waals surface area contributed by atoms with Crippen LogP contribution in [0.4, 0.5) is 5.69 Å². The minimum Gasteiger partial charge on any atom is -0.325 e. The Morgan fingerprint density at radius 3 is 2.26 bits per heavy atom. The zero-order valence-electron chi connectivity index (χ0n) is 11.0. The van der Waals surface area contributed by atoms with Crippen molar-refractivity contribution in [3.63, 3.8) is 0 Å². The average molecular weight is 369 g/mol. The molecule has 19 heavy (non-hydrogen) atoms. The van der Waals surface area contributed by atoms with Gasteiger partial charge in [0.15, 0.2) is 0 Å². The first kappa shape index (κ1) is 16.5. The summed E-state index contributed by atoms with van der Waals surface area (Å²) in [7, 11) is 1.53. The zero-order chi connectivity index (χ0) is 15.0. The number of benzene rings is 1. The van der Waals surface area contributed by atoms with Crippen LogP contribution in [0, 0.1) is 12.3 Å². The van der Waals surface area contributed by atoms with Gasteiger partial charge in [0.1, 0.15) is 0 Å². The van der Waals surface area contributed by atoms with Gasteiger partial charge >= 0.3 is 0 Å². The van der Waals surface area contributed by atoms with Crippen LogP contribution in [-0.4, -0.2) is 14.3 Å². The standard InChI is InChI=1S/C12H15BrClNO3S/c1-7-5-9(15-11(16)12(2,3)4)8(13)6-10(7)19(14,17)18/h5-6H,1-4H3,(H,15,16). The third-order valence-corrected chi connectivity index (χ3v) is 4.58. The van der Waals surface area contributed by atoms with Gasteiger partial charge in [0, 0.05) is 20.6 Å². The lowest BCUT2D eigenvalue weighted by Gasteiger charge is -2.19. The Morgan fingerprint density at radius 2 is 1.84 bits per heavy atom. The summed E-state index contributed by atoms with van der Waals surface area (Å²) >= 11 is 3.23. The number of carbonyl (C=O) groups is 1. The van der Waals surface area contributed by atoms with Gasteiger partial charge in [-0.25, -0.2) is 8.42 Å². The number of carbonyl (C=O) groups excluding carboxylic acids is 1. The largest absolute Gasteiger partial charge is 0.325 e. The van der Waals surface area contributed by atoms with E-state index in [2.05, 4.69) is 21.2 Å². The number of aryl methyl sites for hydroxylation is 1. The molecule has 1 aromatic carbocycles. The maximum atomic E-state index is 11.9. The lowest BCUT2D eigenvalue weighted by atomic mass is 9.95. The Hall–Kier alpha value is -0.590. The number of rotatable bonds is 2. The maximum Gasteiger partial charge on any atom is 0.261 e. The normalized spacial score (nSPS) is 12.3. The molecule has 0 spiro atoms. The van der Waals surface area contributed by atoms with E-state index in [0.717, 1.165) is 0 Å². The monoisotopic (exact) mass is 367 g/mol. The second-order valence-corrected chi connectivity index (χ2v) is 8.63. The Bertz CT molecular complexity index is 621. The highest BCUT2D eigenvalue weighted by Gasteiger charge is 2.23. The lowest BCUT2D eigenvalue weighted by molar-refractivity contribution is -0.123. The average Bonchev–Trinajstić information content (AvgIpc) is 2.19. The lowest BCUT2D eigenvalue weighted by Crippen LogP contribution is -2.27. The molecule has 7 heteroatoms. The van der Waals surface area contributed by atoms with Crippen LogP contribution in [0.15, 0.2) is 21.5 Å². The van der Waals surface area contributed by atoms with E-state index < -0.39 is 14.5 Å². The Balaban J connectivity index is 3.21. The molecule has 0 aromatic heterocycles. The molecule has 0 fully saturated rings. The molecule has 0 aliphatic heterocycles. The van der Waals surface area contributed by atoms with Gasteiger partial charge < -0.3 is 5.32 Å². The van der Waals surface area contributed by atoms with E-state index in [4.69, 9.17) is 10.7 Å². The van der Waals surface area contributed by atoms with Crippen LogP contribution in [0.5, 0.6) is 0 Å². The molecule has 0 radical (unpaired) electrons. The molecule has 0 heterocycles. The number of nitrogens with one attached hydrogen (secondary N) is 1. The first-order valence-electron chi connectivity index (χ1n) is 5.49. The van der Waals surface area contributed by atoms with Gasteiger partial charge in [-0.05, 0) is 40.5 Å². The van der Waals surface area contributed by atoms with Gasteiger partial charge in [0.2, 0.25) is 5.91 Å². The van der Waals surface area contributed by atoms with Crippen LogP contribution in [0.1, 0.15) is 26.3 Å². The van der Waals surface area contributed by atoms with E-state index in [-0.39, 0.29) is 10.8 Å². The van der Waals surface area contributed by atoms with E-state index in [0.29, 0.717) is 15.7 Å². The summed E-state index contributed by atoms with van der Waals surface area (Å²) in [6, 6.07) is 2.96. The summed E-state index contributed by atoms with van der Waals surface area (Å²) in [5.74, 6) is -0.158. The van der Waals surface area contributed by atoms with Crippen molar-refractivity contribution in [3.05, 3.63) is 22.2 Å². The minimum atomic E-state index is -3.80. The van der Waals surface area contributed by atoms with Gasteiger partial charge in [0.05, 0.1) is 10.6 Å². The van der Waals surface area contributed by atoms with Crippen molar-refractivity contribution in [2.45, 2.75) is 32.6 Å². The molecule has 1 rings (SSSR count). The van der Waals surface area contributed by atoms with Crippen molar-refractivity contribution in [3.8, 4) is 0 Å². The van der Waals surface area contributed by atoms with E-state index >= 15 is 0 Å². The molecule has 4 nitrogen and oxygen atoms in total. The summed E-state index contributed by atoms with van der Waals surface area (Å²) in [5, 5.41) is 2.75. The van der Waals surface area contributed by atoms with Crippen LogP contribution >= 0.6 is 26.6 Å². The first-order valence-corrected chi connectivity index (χ1v) is 8.59. The van der Waals surface area contributed by atoms with Gasteiger partial charge in [-0.3, -0.25) is 4.79 Å². The highest BCUT2D eigenvalue weighted by Crippen LogP contribution is 2.31. The zero-order valence-corrected chi connectivity index (χ0v) is 14.2. The summed E-state index contributed by atoms with van der Waals surface area (Å²) in [6.07, 6.45) is 0. The molecule has 0 bridgehead atoms. The second-order valence-electron chi connectivity index (χ2n) is 5.24. The van der Waals surface area contributed by atoms with Crippen molar-refractivity contribution in [1.82, 2.24) is 0 Å². The second kappa shape index (κ2) is 5.42. The van der Waals surface area contributed by atoms with Crippen LogP contribution < -0.4 is 5.32 Å². The molecule has 0 saturated carbocycles. The molecule has 106 valence electrons. The van der Waals surface area contributed by atoms with E-state index in [1.54, 1.807) is 33.8 Å². The molecule has 0 saturated heterocycles. The molecular weight excluding hydrogens is 354 g/mol. The number of anilines is 1. The SMILES string of the molecule is Cc1cc(NC(=O)C(C)(C)C)c(Br)cc1S(=O)(=O)Cl. The molecular formula is C12H15BrClNO3S. The smallest absolute Gasteiger partial charge is 0.261 e. The summed E-state index contributed by atoms with van der Waals surface area (Å²) in [4.78, 5) is 11.9. The Kier molecular flexibility index (Phi) is 4.70. The van der Waals surface area contributed by atoms with Gasteiger partial charge in [-0.1, -0.05) is 20.8 Å². The molecule has 1 amide bonds. The fraction of sp³-hybridized carbons (Fsp3) is 0.417. The Labute approximate surface area is 126 Å². The molecule has 0 aliphatic rings. The minimum absolute atomic E-state index is 0.0230. The maximum absolute atomic E-state index is 11.9. The van der Waals surface area contributed by atoms with Crippen molar-refractivity contribution >= 4 is 47.3 Å². The van der Waals surface area contributed by atoms with E-state index in [9.17, 15) is 13.2 Å². The van der Waals surface area contributed by atoms with Crippen molar-refractivity contribution in [2.24, 2.45) is 5.41 Å². The molecule has 1 N–H and O–H groups in total. The topological polar surface area (TPSA) is 63.2 Å². The van der Waals surface area contributed by atoms with Crippen molar-refractivity contribution in [1.29, 1.82) is 0 Å². The summed E-state index contributed by atoms with van der Waals surface area (Å²) in [6.45, 7) is 7.00. The molecule has 1 aromatic rings. The quantitative estimate of drug-likeness (QED) is 0.810. The molecule has 0 aliphatic carbocycles. The number of amides is 1. The van der Waals surface area contributed by atoms with Crippen LogP contribution in [-0.2, 0) is 13.8 Å². The predicted molar refractivity (Wildman–Crippen MR) is 80.0 cm³/mol. The first-order chi connectivity index (χ1) is 8.43. The number of halogens is 2. The van der Waals surface area contributed by atoms with Crippen molar-refractivity contribution < 1.29 is 13.2 Å². The highest BCUT2D eigenvalue weighted by atomic mass is 79.9. The third kappa shape index (κ3) is 4.19. The predicted octanol–water partition coefficient (Wildman–Crippen LogP) is 3.67. The summed E-state index contributed by atoms with van der Waals surface area (Å²) < 4.78 is 23.2. The fourth-order valence-electron chi connectivity index (χ4n) is 1.33. The molecule has 0 atom stereocenters. The van der Waals surface area contributed by atoms with E-state index in [1.165, 1.54) is 6.07 Å². The highest BCUT2D eigenvalue weighted by molar-refractivity contribution is 9.10. The van der Waals surface area contributed by atoms with Crippen molar-refractivity contribution in [2.75, 3.05) is 5.32 Å². The number of hydrogen-bond acceptors (Lipinski definition) is 3. The summed E-state index contributed by atoms with van der Waals surface area (Å²) in [5.41, 5.74) is 0.453. The van der Waals surface area contributed by atoms with E-state index in [1.807, 2.05) is 0 Å². The van der Waals surface area contributed by atoms with Crippen LogP contribution in [0.25, 0.3) is 0 Å². The third-order valence-electron chi connectivity index (χ3n) is 2.46. The molecule has 0 unspecified atom stereocenters. The van der Waals surface area contributed by atoms with Gasteiger partial charge in [0.25, 0.3) is 9.05 Å². The Morgan fingerprint density at radius 1 is 1.32 bits per heavy atom. The van der Waals surface area contributed by atoms with Crippen LogP contribution in [0.2, 0.25) is 0 Å². The fourth-order valence-corrected chi connectivity index (χ4v) is 3.13. The van der Waals surface area contributed by atoms with Gasteiger partial charge in [-0.15, -0.1) is 0 Å². The van der Waals surface area contributed by atoms with Crippen LogP contribution in [0.3, 0.4) is 0 Å². The van der Waals surface area contributed by atoms with Gasteiger partial charge in [-0.2, -0.15) is 0 Å². The number of hydrogen-bond donors (Lipinski definition) is 1.